The minimum Gasteiger partial charge on any atom is -0.379 e. The van der Waals surface area contributed by atoms with Crippen molar-refractivity contribution in [2.75, 3.05) is 13.2 Å². The summed E-state index contributed by atoms with van der Waals surface area (Å²) < 4.78 is 29.2. The fourth-order valence-corrected chi connectivity index (χ4v) is 3.58. The molecule has 1 aliphatic carbocycles. The van der Waals surface area contributed by atoms with Crippen molar-refractivity contribution in [3.63, 3.8) is 0 Å². The van der Waals surface area contributed by atoms with Gasteiger partial charge in [0.15, 0.2) is 9.84 Å². The van der Waals surface area contributed by atoms with Crippen molar-refractivity contribution in [2.24, 2.45) is 5.73 Å². The van der Waals surface area contributed by atoms with Crippen molar-refractivity contribution in [3.8, 4) is 0 Å². The zero-order valence-electron chi connectivity index (χ0n) is 10.1. The van der Waals surface area contributed by atoms with Crippen LogP contribution in [-0.2, 0) is 21.0 Å². The van der Waals surface area contributed by atoms with Crippen LogP contribution in [0.15, 0.2) is 29.2 Å². The molecule has 0 unspecified atom stereocenters. The van der Waals surface area contributed by atoms with E-state index in [0.29, 0.717) is 18.1 Å². The molecule has 0 atom stereocenters. The molecule has 0 amide bonds. The monoisotopic (exact) mass is 267 g/mol. The van der Waals surface area contributed by atoms with E-state index in [0.717, 1.165) is 24.8 Å². The van der Waals surface area contributed by atoms with Crippen LogP contribution in [0.3, 0.4) is 0 Å². The fraction of sp³-hybridized carbons (Fsp3) is 0.538. The Morgan fingerprint density at radius 2 is 1.83 bits per heavy atom. The summed E-state index contributed by atoms with van der Waals surface area (Å²) in [7, 11) is -3.20. The molecule has 2 aliphatic rings. The van der Waals surface area contributed by atoms with Crippen LogP contribution in [-0.4, -0.2) is 32.4 Å². The third-order valence-electron chi connectivity index (χ3n) is 3.75. The third kappa shape index (κ3) is 2.18. The lowest BCUT2D eigenvalue weighted by molar-refractivity contribution is 0.0416. The highest BCUT2D eigenvalue weighted by atomic mass is 32.2. The molecule has 0 spiro atoms. The molecule has 18 heavy (non-hydrogen) atoms. The van der Waals surface area contributed by atoms with Crippen LogP contribution in [0.2, 0.25) is 0 Å². The van der Waals surface area contributed by atoms with Gasteiger partial charge in [-0.1, -0.05) is 12.1 Å². The van der Waals surface area contributed by atoms with Gasteiger partial charge < -0.3 is 10.5 Å². The van der Waals surface area contributed by atoms with Crippen LogP contribution >= 0.6 is 0 Å². The predicted octanol–water partition coefficient (Wildman–Crippen LogP) is 0.893. The van der Waals surface area contributed by atoms with Crippen LogP contribution in [0.25, 0.3) is 0 Å². The molecular weight excluding hydrogens is 250 g/mol. The maximum Gasteiger partial charge on any atom is 0.185 e. The van der Waals surface area contributed by atoms with Gasteiger partial charge in [0, 0.05) is 5.54 Å². The molecule has 1 heterocycles. The Kier molecular flexibility index (Phi) is 2.73. The lowest BCUT2D eigenvalue weighted by Crippen LogP contribution is -2.40. The molecule has 1 saturated carbocycles. The van der Waals surface area contributed by atoms with Crippen molar-refractivity contribution >= 4 is 9.84 Å². The Morgan fingerprint density at radius 1 is 1.22 bits per heavy atom. The van der Waals surface area contributed by atoms with Gasteiger partial charge in [-0.05, 0) is 37.0 Å². The van der Waals surface area contributed by atoms with E-state index >= 15 is 0 Å². The summed E-state index contributed by atoms with van der Waals surface area (Å²) in [6, 6.07) is 7.13. The summed E-state index contributed by atoms with van der Waals surface area (Å²) in [5, 5.41) is -0.368. The van der Waals surface area contributed by atoms with E-state index in [9.17, 15) is 8.42 Å². The van der Waals surface area contributed by atoms with Gasteiger partial charge in [0.1, 0.15) is 5.25 Å². The van der Waals surface area contributed by atoms with Gasteiger partial charge in [-0.25, -0.2) is 8.42 Å². The van der Waals surface area contributed by atoms with Gasteiger partial charge in [-0.3, -0.25) is 0 Å². The largest absolute Gasteiger partial charge is 0.379 e. The molecule has 98 valence electrons. The lowest BCUT2D eigenvalue weighted by atomic mass is 10.1. The van der Waals surface area contributed by atoms with E-state index in [2.05, 4.69) is 0 Å². The van der Waals surface area contributed by atoms with Crippen molar-refractivity contribution in [1.82, 2.24) is 0 Å². The molecule has 1 aliphatic heterocycles. The van der Waals surface area contributed by atoms with Crippen molar-refractivity contribution in [1.29, 1.82) is 0 Å². The highest BCUT2D eigenvalue weighted by Crippen LogP contribution is 2.35. The number of nitrogens with two attached hydrogens (primary N) is 1. The van der Waals surface area contributed by atoms with Crippen LogP contribution in [0.5, 0.6) is 0 Å². The summed E-state index contributed by atoms with van der Waals surface area (Å²) in [5.41, 5.74) is 7.12. The second kappa shape index (κ2) is 4.05. The first-order chi connectivity index (χ1) is 8.50. The Bertz CT molecular complexity index is 542. The standard InChI is InChI=1S/C13H17NO3S/c14-13(5-6-13)7-10-1-3-11(4-2-10)18(15,16)12-8-17-9-12/h1-4,12H,5-9,14H2. The maximum atomic E-state index is 12.1. The molecule has 0 radical (unpaired) electrons. The molecule has 0 bridgehead atoms. The minimum absolute atomic E-state index is 0.0395. The van der Waals surface area contributed by atoms with Crippen LogP contribution < -0.4 is 5.73 Å². The van der Waals surface area contributed by atoms with E-state index in [-0.39, 0.29) is 10.8 Å². The van der Waals surface area contributed by atoms with Gasteiger partial charge >= 0.3 is 0 Å². The maximum absolute atomic E-state index is 12.1. The summed E-state index contributed by atoms with van der Waals surface area (Å²) in [4.78, 5) is 0.390. The van der Waals surface area contributed by atoms with E-state index in [1.165, 1.54) is 0 Å². The Morgan fingerprint density at radius 3 is 2.28 bits per heavy atom. The molecule has 5 heteroatoms. The quantitative estimate of drug-likeness (QED) is 0.879. The first-order valence-electron chi connectivity index (χ1n) is 6.19. The van der Waals surface area contributed by atoms with E-state index < -0.39 is 9.84 Å². The van der Waals surface area contributed by atoms with Gasteiger partial charge in [0.2, 0.25) is 0 Å². The SMILES string of the molecule is NC1(Cc2ccc(S(=O)(=O)C3COC3)cc2)CC1. The van der Waals surface area contributed by atoms with Gasteiger partial charge in [0.05, 0.1) is 18.1 Å². The molecule has 1 aromatic carbocycles. The lowest BCUT2D eigenvalue weighted by Gasteiger charge is -2.25. The minimum atomic E-state index is -3.20. The first-order valence-corrected chi connectivity index (χ1v) is 7.74. The van der Waals surface area contributed by atoms with Gasteiger partial charge in [0.25, 0.3) is 0 Å². The molecule has 4 nitrogen and oxygen atoms in total. The molecule has 3 rings (SSSR count). The molecule has 0 aromatic heterocycles. The summed E-state index contributed by atoms with van der Waals surface area (Å²) in [6.07, 6.45) is 2.96. The summed E-state index contributed by atoms with van der Waals surface area (Å²) in [5.74, 6) is 0. The van der Waals surface area contributed by atoms with E-state index in [1.54, 1.807) is 12.1 Å². The highest BCUT2D eigenvalue weighted by Gasteiger charge is 2.38. The number of hydrogen-bond acceptors (Lipinski definition) is 4. The average molecular weight is 267 g/mol. The number of hydrogen-bond donors (Lipinski definition) is 1. The highest BCUT2D eigenvalue weighted by molar-refractivity contribution is 7.92. The fourth-order valence-electron chi connectivity index (χ4n) is 2.13. The number of rotatable bonds is 4. The molecule has 2 N–H and O–H groups in total. The zero-order chi connectivity index (χ0) is 12.8. The molecular formula is C13H17NO3S. The van der Waals surface area contributed by atoms with Crippen LogP contribution in [0.4, 0.5) is 0 Å². The second-order valence-electron chi connectivity index (χ2n) is 5.39. The topological polar surface area (TPSA) is 69.4 Å². The number of ether oxygens (including phenoxy) is 1. The van der Waals surface area contributed by atoms with Crippen molar-refractivity contribution in [3.05, 3.63) is 29.8 Å². The molecule has 2 fully saturated rings. The number of sulfone groups is 1. The van der Waals surface area contributed by atoms with Crippen LogP contribution in [0.1, 0.15) is 18.4 Å². The predicted molar refractivity (Wildman–Crippen MR) is 68.1 cm³/mol. The summed E-state index contributed by atoms with van der Waals surface area (Å²) >= 11 is 0. The Balaban J connectivity index is 1.78. The average Bonchev–Trinajstić information content (AvgIpc) is 2.93. The second-order valence-corrected chi connectivity index (χ2v) is 7.62. The van der Waals surface area contributed by atoms with Gasteiger partial charge in [-0.2, -0.15) is 0 Å². The normalized spacial score (nSPS) is 22.5. The summed E-state index contributed by atoms with van der Waals surface area (Å²) in [6.45, 7) is 0.631. The van der Waals surface area contributed by atoms with E-state index in [1.807, 2.05) is 12.1 Å². The Labute approximate surface area is 107 Å². The Hall–Kier alpha value is -0.910. The molecule has 1 saturated heterocycles. The third-order valence-corrected chi connectivity index (χ3v) is 5.83. The van der Waals surface area contributed by atoms with Crippen molar-refractivity contribution in [2.45, 2.75) is 34.9 Å². The first kappa shape index (κ1) is 12.1. The van der Waals surface area contributed by atoms with Crippen molar-refractivity contribution < 1.29 is 13.2 Å². The zero-order valence-corrected chi connectivity index (χ0v) is 10.9. The van der Waals surface area contributed by atoms with E-state index in [4.69, 9.17) is 10.5 Å². The smallest absolute Gasteiger partial charge is 0.185 e. The molecule has 1 aromatic rings. The van der Waals surface area contributed by atoms with Crippen LogP contribution in [0, 0.1) is 0 Å². The number of benzene rings is 1. The van der Waals surface area contributed by atoms with Gasteiger partial charge in [-0.15, -0.1) is 0 Å².